The molecule has 110 valence electrons. The summed E-state index contributed by atoms with van der Waals surface area (Å²) in [5, 5.41) is 10.7. The van der Waals surface area contributed by atoms with E-state index in [4.69, 9.17) is 4.74 Å². The van der Waals surface area contributed by atoms with Gasteiger partial charge in [-0.3, -0.25) is 4.90 Å². The molecule has 2 unspecified atom stereocenters. The van der Waals surface area contributed by atoms with E-state index in [9.17, 15) is 5.11 Å². The molecule has 20 heavy (non-hydrogen) atoms. The molecule has 0 aliphatic heterocycles. The lowest BCUT2D eigenvalue weighted by Gasteiger charge is -2.32. The number of nitrogens with zero attached hydrogens (tertiary/aromatic N) is 1. The van der Waals surface area contributed by atoms with Crippen molar-refractivity contribution in [3.8, 4) is 5.75 Å². The summed E-state index contributed by atoms with van der Waals surface area (Å²) < 4.78 is 5.28. The van der Waals surface area contributed by atoms with Crippen molar-refractivity contribution >= 4 is 0 Å². The van der Waals surface area contributed by atoms with Crippen LogP contribution in [0.5, 0.6) is 5.75 Å². The zero-order chi connectivity index (χ0) is 14.3. The van der Waals surface area contributed by atoms with Crippen LogP contribution in [-0.4, -0.2) is 35.7 Å². The van der Waals surface area contributed by atoms with Crippen LogP contribution in [-0.2, 0) is 6.42 Å². The monoisotopic (exact) mass is 275 g/mol. The third-order valence-corrected chi connectivity index (χ3v) is 4.48. The Hall–Kier alpha value is -1.06. The molecule has 1 N–H and O–H groups in total. The van der Waals surface area contributed by atoms with E-state index in [0.717, 1.165) is 24.3 Å². The van der Waals surface area contributed by atoms with E-state index in [-0.39, 0.29) is 12.1 Å². The number of hydrogen-bond acceptors (Lipinski definition) is 3. The quantitative estimate of drug-likeness (QED) is 0.897. The van der Waals surface area contributed by atoms with Crippen LogP contribution in [0.15, 0.2) is 18.2 Å². The van der Waals surface area contributed by atoms with Gasteiger partial charge in [0, 0.05) is 18.6 Å². The Balaban J connectivity index is 1.82. The van der Waals surface area contributed by atoms with Crippen molar-refractivity contribution in [1.82, 2.24) is 4.90 Å². The molecule has 0 spiro atoms. The third kappa shape index (κ3) is 2.57. The maximum Gasteiger partial charge on any atom is 0.119 e. The molecule has 3 heteroatoms. The Morgan fingerprint density at radius 3 is 2.70 bits per heavy atom. The van der Waals surface area contributed by atoms with Gasteiger partial charge in [0.25, 0.3) is 0 Å². The van der Waals surface area contributed by atoms with Gasteiger partial charge in [-0.1, -0.05) is 19.9 Å². The fourth-order valence-corrected chi connectivity index (χ4v) is 3.39. The van der Waals surface area contributed by atoms with Crippen molar-refractivity contribution in [2.75, 3.05) is 13.7 Å². The van der Waals surface area contributed by atoms with Crippen molar-refractivity contribution in [3.05, 3.63) is 29.3 Å². The number of methoxy groups -OCH3 is 1. The Morgan fingerprint density at radius 2 is 2.10 bits per heavy atom. The molecule has 1 fully saturated rings. The van der Waals surface area contributed by atoms with Gasteiger partial charge in [0.05, 0.1) is 13.2 Å². The normalized spacial score (nSPS) is 25.3. The highest BCUT2D eigenvalue weighted by atomic mass is 16.5. The number of rotatable bonds is 5. The predicted molar refractivity (Wildman–Crippen MR) is 80.0 cm³/mol. The summed E-state index contributed by atoms with van der Waals surface area (Å²) in [5.41, 5.74) is 2.33. The van der Waals surface area contributed by atoms with Crippen LogP contribution in [0.3, 0.4) is 0 Å². The lowest BCUT2D eigenvalue weighted by molar-refractivity contribution is 0.0484. The molecule has 2 atom stereocenters. The summed E-state index contributed by atoms with van der Waals surface area (Å²) in [6, 6.07) is 7.04. The first-order valence-corrected chi connectivity index (χ1v) is 7.70. The van der Waals surface area contributed by atoms with Gasteiger partial charge in [-0.2, -0.15) is 0 Å². The maximum absolute atomic E-state index is 10.7. The minimum Gasteiger partial charge on any atom is -0.497 e. The van der Waals surface area contributed by atoms with Crippen LogP contribution < -0.4 is 4.74 Å². The summed E-state index contributed by atoms with van der Waals surface area (Å²) >= 11 is 0. The van der Waals surface area contributed by atoms with Crippen LogP contribution >= 0.6 is 0 Å². The van der Waals surface area contributed by atoms with Crippen LogP contribution in [0.2, 0.25) is 0 Å². The average molecular weight is 275 g/mol. The highest BCUT2D eigenvalue weighted by Gasteiger charge is 2.41. The molecule has 0 amide bonds. The van der Waals surface area contributed by atoms with E-state index < -0.39 is 0 Å². The van der Waals surface area contributed by atoms with Crippen LogP contribution in [0.4, 0.5) is 0 Å². The van der Waals surface area contributed by atoms with E-state index in [2.05, 4.69) is 24.8 Å². The van der Waals surface area contributed by atoms with E-state index in [1.807, 2.05) is 12.1 Å². The van der Waals surface area contributed by atoms with Crippen molar-refractivity contribution in [3.63, 3.8) is 0 Å². The molecule has 1 aromatic carbocycles. The molecule has 3 rings (SSSR count). The van der Waals surface area contributed by atoms with Gasteiger partial charge in [0.15, 0.2) is 0 Å². The highest BCUT2D eigenvalue weighted by Crippen LogP contribution is 2.41. The summed E-state index contributed by atoms with van der Waals surface area (Å²) in [4.78, 5) is 2.54. The Labute approximate surface area is 121 Å². The van der Waals surface area contributed by atoms with Gasteiger partial charge in [-0.05, 0) is 48.4 Å². The van der Waals surface area contributed by atoms with E-state index in [0.29, 0.717) is 12.0 Å². The van der Waals surface area contributed by atoms with E-state index in [1.165, 1.54) is 18.4 Å². The second-order valence-electron chi connectivity index (χ2n) is 6.60. The first-order chi connectivity index (χ1) is 9.60. The Kier molecular flexibility index (Phi) is 3.74. The summed E-state index contributed by atoms with van der Waals surface area (Å²) in [6.45, 7) is 5.59. The zero-order valence-electron chi connectivity index (χ0n) is 12.7. The third-order valence-electron chi connectivity index (χ3n) is 4.48. The van der Waals surface area contributed by atoms with Crippen molar-refractivity contribution < 1.29 is 9.84 Å². The molecule has 0 bridgehead atoms. The van der Waals surface area contributed by atoms with Crippen LogP contribution in [0, 0.1) is 5.92 Å². The second-order valence-corrected chi connectivity index (χ2v) is 6.60. The summed E-state index contributed by atoms with van der Waals surface area (Å²) in [6.07, 6.45) is 3.16. The second kappa shape index (κ2) is 5.38. The van der Waals surface area contributed by atoms with Gasteiger partial charge >= 0.3 is 0 Å². The first kappa shape index (κ1) is 13.9. The number of aliphatic hydroxyl groups excluding tert-OH is 1. The van der Waals surface area contributed by atoms with Crippen molar-refractivity contribution in [2.45, 2.75) is 51.3 Å². The van der Waals surface area contributed by atoms with Gasteiger partial charge in [-0.15, -0.1) is 0 Å². The maximum atomic E-state index is 10.7. The van der Waals surface area contributed by atoms with Gasteiger partial charge in [-0.25, -0.2) is 0 Å². The van der Waals surface area contributed by atoms with Gasteiger partial charge in [0.2, 0.25) is 0 Å². The van der Waals surface area contributed by atoms with E-state index in [1.54, 1.807) is 7.11 Å². The number of ether oxygens (including phenoxy) is 1. The minimum atomic E-state index is -0.376. The SMILES string of the molecule is COc1ccc2c(c1)C(O)C(N(CC(C)C)C1CC1)C2. The molecule has 1 saturated carbocycles. The number of hydrogen-bond donors (Lipinski definition) is 1. The lowest BCUT2D eigenvalue weighted by atomic mass is 10.1. The lowest BCUT2D eigenvalue weighted by Crippen LogP contribution is -2.42. The molecule has 0 radical (unpaired) electrons. The average Bonchev–Trinajstić information content (AvgIpc) is 3.21. The number of aliphatic hydroxyl groups is 1. The molecule has 2 aliphatic carbocycles. The molecule has 0 aromatic heterocycles. The molecular weight excluding hydrogens is 250 g/mol. The standard InChI is InChI=1S/C17H25NO2/c1-11(2)10-18(13-5-6-13)16-8-12-4-7-14(20-3)9-15(12)17(16)19/h4,7,9,11,13,16-17,19H,5-6,8,10H2,1-3H3. The summed E-state index contributed by atoms with van der Waals surface area (Å²) in [5.74, 6) is 1.48. The molecule has 1 aromatic rings. The predicted octanol–water partition coefficient (Wildman–Crippen LogP) is 2.77. The van der Waals surface area contributed by atoms with Crippen molar-refractivity contribution in [2.24, 2.45) is 5.92 Å². The Morgan fingerprint density at radius 1 is 1.35 bits per heavy atom. The topological polar surface area (TPSA) is 32.7 Å². The summed E-state index contributed by atoms with van der Waals surface area (Å²) in [7, 11) is 1.68. The molecule has 2 aliphatic rings. The zero-order valence-corrected chi connectivity index (χ0v) is 12.7. The molecule has 0 saturated heterocycles. The van der Waals surface area contributed by atoms with Gasteiger partial charge in [0.1, 0.15) is 5.75 Å². The van der Waals surface area contributed by atoms with Crippen LogP contribution in [0.25, 0.3) is 0 Å². The smallest absolute Gasteiger partial charge is 0.119 e. The number of benzene rings is 1. The molecule has 0 heterocycles. The first-order valence-electron chi connectivity index (χ1n) is 7.70. The fourth-order valence-electron chi connectivity index (χ4n) is 3.39. The van der Waals surface area contributed by atoms with Crippen LogP contribution in [0.1, 0.15) is 43.9 Å². The number of fused-ring (bicyclic) bond motifs is 1. The Bertz CT molecular complexity index is 482. The van der Waals surface area contributed by atoms with Gasteiger partial charge < -0.3 is 9.84 Å². The van der Waals surface area contributed by atoms with Crippen molar-refractivity contribution in [1.29, 1.82) is 0 Å². The minimum absolute atomic E-state index is 0.243. The molecular formula is C17H25NO2. The molecule has 3 nitrogen and oxygen atoms in total. The fraction of sp³-hybridized carbons (Fsp3) is 0.647. The largest absolute Gasteiger partial charge is 0.497 e. The highest BCUT2D eigenvalue weighted by molar-refractivity contribution is 5.42. The van der Waals surface area contributed by atoms with E-state index >= 15 is 0 Å².